The number of carbonyl (C=O) groups excluding carboxylic acids is 1. The highest BCUT2D eigenvalue weighted by molar-refractivity contribution is 7.87. The maximum atomic E-state index is 12.1. The monoisotopic (exact) mass is 307 g/mol. The Morgan fingerprint density at radius 1 is 1.50 bits per heavy atom. The Kier molecular flexibility index (Phi) is 5.90. The van der Waals surface area contributed by atoms with E-state index in [0.29, 0.717) is 13.1 Å². The second kappa shape index (κ2) is 7.00. The van der Waals surface area contributed by atoms with Crippen molar-refractivity contribution in [3.63, 3.8) is 0 Å². The smallest absolute Gasteiger partial charge is 0.321 e. The number of piperidine rings is 1. The molecule has 1 rings (SSSR count). The summed E-state index contributed by atoms with van der Waals surface area (Å²) in [7, 11) is -3.86. The maximum absolute atomic E-state index is 12.1. The van der Waals surface area contributed by atoms with Crippen LogP contribution in [0.5, 0.6) is 0 Å². The predicted molar refractivity (Wildman–Crippen MR) is 71.9 cm³/mol. The third kappa shape index (κ3) is 5.06. The number of nitrogens with two attached hydrogens (primary N) is 1. The first-order valence-electron chi connectivity index (χ1n) is 6.51. The number of carbonyl (C=O) groups is 2. The van der Waals surface area contributed by atoms with Gasteiger partial charge in [0.15, 0.2) is 0 Å². The van der Waals surface area contributed by atoms with Crippen LogP contribution in [-0.4, -0.2) is 48.8 Å². The van der Waals surface area contributed by atoms with Crippen LogP contribution in [0.15, 0.2) is 0 Å². The Morgan fingerprint density at radius 2 is 2.15 bits per heavy atom. The summed E-state index contributed by atoms with van der Waals surface area (Å²) in [5.74, 6) is -1.74. The van der Waals surface area contributed by atoms with Gasteiger partial charge in [-0.2, -0.15) is 17.4 Å². The van der Waals surface area contributed by atoms with E-state index in [1.807, 2.05) is 6.92 Å². The lowest BCUT2D eigenvalue weighted by Gasteiger charge is -2.30. The molecule has 0 aromatic carbocycles. The SMILES string of the molecule is CC1CCCN(S(=O)(=O)NC(CCC(N)=O)C(=O)O)C1. The quantitative estimate of drug-likeness (QED) is 0.571. The minimum absolute atomic E-state index is 0.159. The zero-order chi connectivity index (χ0) is 15.3. The Balaban J connectivity index is 2.70. The van der Waals surface area contributed by atoms with E-state index in [1.165, 1.54) is 4.31 Å². The molecule has 9 heteroatoms. The van der Waals surface area contributed by atoms with Crippen molar-refractivity contribution in [1.82, 2.24) is 9.03 Å². The van der Waals surface area contributed by atoms with Gasteiger partial charge in [0, 0.05) is 19.5 Å². The van der Waals surface area contributed by atoms with Crippen LogP contribution >= 0.6 is 0 Å². The molecule has 1 fully saturated rings. The normalized spacial score (nSPS) is 22.4. The maximum Gasteiger partial charge on any atom is 0.321 e. The highest BCUT2D eigenvalue weighted by Gasteiger charge is 2.31. The Bertz CT molecular complexity index is 465. The Hall–Kier alpha value is -1.19. The summed E-state index contributed by atoms with van der Waals surface area (Å²) in [5.41, 5.74) is 4.95. The van der Waals surface area contributed by atoms with E-state index < -0.39 is 28.1 Å². The summed E-state index contributed by atoms with van der Waals surface area (Å²) < 4.78 is 27.6. The van der Waals surface area contributed by atoms with Crippen LogP contribution in [0.4, 0.5) is 0 Å². The molecule has 1 heterocycles. The first-order valence-corrected chi connectivity index (χ1v) is 7.95. The van der Waals surface area contributed by atoms with Gasteiger partial charge in [0.1, 0.15) is 6.04 Å². The van der Waals surface area contributed by atoms with Crippen molar-refractivity contribution in [2.24, 2.45) is 11.7 Å². The molecule has 1 saturated heterocycles. The van der Waals surface area contributed by atoms with Crippen molar-refractivity contribution in [1.29, 1.82) is 0 Å². The first-order chi connectivity index (χ1) is 9.22. The number of amides is 1. The van der Waals surface area contributed by atoms with Crippen LogP contribution in [-0.2, 0) is 19.8 Å². The number of nitrogens with zero attached hydrogens (tertiary/aromatic N) is 1. The molecule has 2 atom stereocenters. The zero-order valence-electron chi connectivity index (χ0n) is 11.4. The van der Waals surface area contributed by atoms with Gasteiger partial charge in [-0.25, -0.2) is 0 Å². The highest BCUT2D eigenvalue weighted by Crippen LogP contribution is 2.18. The second-order valence-electron chi connectivity index (χ2n) is 5.12. The molecule has 4 N–H and O–H groups in total. The topological polar surface area (TPSA) is 130 Å². The van der Waals surface area contributed by atoms with E-state index in [0.717, 1.165) is 12.8 Å². The van der Waals surface area contributed by atoms with Crippen LogP contribution in [0.3, 0.4) is 0 Å². The van der Waals surface area contributed by atoms with Crippen molar-refractivity contribution >= 4 is 22.1 Å². The molecule has 20 heavy (non-hydrogen) atoms. The zero-order valence-corrected chi connectivity index (χ0v) is 12.2. The Morgan fingerprint density at radius 3 is 2.65 bits per heavy atom. The van der Waals surface area contributed by atoms with Gasteiger partial charge in [-0.3, -0.25) is 9.59 Å². The fraction of sp³-hybridized carbons (Fsp3) is 0.818. The van der Waals surface area contributed by atoms with E-state index in [4.69, 9.17) is 10.8 Å². The fourth-order valence-electron chi connectivity index (χ4n) is 2.14. The van der Waals surface area contributed by atoms with Gasteiger partial charge < -0.3 is 10.8 Å². The average molecular weight is 307 g/mol. The molecular weight excluding hydrogens is 286 g/mol. The number of rotatable bonds is 7. The molecule has 0 aliphatic carbocycles. The van der Waals surface area contributed by atoms with Gasteiger partial charge in [0.25, 0.3) is 10.2 Å². The van der Waals surface area contributed by atoms with Crippen molar-refractivity contribution in [3.8, 4) is 0 Å². The molecule has 0 aromatic heterocycles. The molecule has 2 unspecified atom stereocenters. The molecule has 0 bridgehead atoms. The van der Waals surface area contributed by atoms with E-state index in [9.17, 15) is 18.0 Å². The lowest BCUT2D eigenvalue weighted by molar-refractivity contribution is -0.139. The number of aliphatic carboxylic acids is 1. The second-order valence-corrected chi connectivity index (χ2v) is 6.83. The molecule has 1 amide bonds. The van der Waals surface area contributed by atoms with Crippen LogP contribution < -0.4 is 10.5 Å². The molecular formula is C11H21N3O5S. The largest absolute Gasteiger partial charge is 0.480 e. The lowest BCUT2D eigenvalue weighted by Crippen LogP contribution is -2.51. The van der Waals surface area contributed by atoms with Gasteiger partial charge in [-0.1, -0.05) is 6.92 Å². The summed E-state index contributed by atoms with van der Waals surface area (Å²) in [6, 6.07) is -1.34. The third-order valence-corrected chi connectivity index (χ3v) is 4.82. The van der Waals surface area contributed by atoms with E-state index in [-0.39, 0.29) is 18.8 Å². The number of primary amides is 1. The van der Waals surface area contributed by atoms with Crippen LogP contribution in [0.2, 0.25) is 0 Å². The van der Waals surface area contributed by atoms with Gasteiger partial charge in [0.05, 0.1) is 0 Å². The standard InChI is InChI=1S/C11H21N3O5S/c1-8-3-2-6-14(7-8)20(18,19)13-9(11(16)17)4-5-10(12)15/h8-9,13H,2-7H2,1H3,(H2,12,15)(H,16,17). The van der Waals surface area contributed by atoms with Gasteiger partial charge in [-0.05, 0) is 25.2 Å². The predicted octanol–water partition coefficient (Wildman–Crippen LogP) is -0.729. The summed E-state index contributed by atoms with van der Waals surface area (Å²) in [6.07, 6.45) is 1.36. The molecule has 0 aromatic rings. The molecule has 1 aliphatic rings. The molecule has 1 aliphatic heterocycles. The van der Waals surface area contributed by atoms with Crippen molar-refractivity contribution < 1.29 is 23.1 Å². The van der Waals surface area contributed by atoms with Crippen LogP contribution in [0.1, 0.15) is 32.6 Å². The van der Waals surface area contributed by atoms with Crippen molar-refractivity contribution in [2.75, 3.05) is 13.1 Å². The number of hydrogen-bond donors (Lipinski definition) is 3. The average Bonchev–Trinajstić information content (AvgIpc) is 2.34. The van der Waals surface area contributed by atoms with Crippen molar-refractivity contribution in [3.05, 3.63) is 0 Å². The number of hydrogen-bond acceptors (Lipinski definition) is 4. The van der Waals surface area contributed by atoms with Gasteiger partial charge in [-0.15, -0.1) is 0 Å². The molecule has 0 radical (unpaired) electrons. The fourth-order valence-corrected chi connectivity index (χ4v) is 3.69. The summed E-state index contributed by atoms with van der Waals surface area (Å²) in [6.45, 7) is 2.70. The minimum Gasteiger partial charge on any atom is -0.480 e. The molecule has 116 valence electrons. The molecule has 0 spiro atoms. The van der Waals surface area contributed by atoms with E-state index in [1.54, 1.807) is 0 Å². The van der Waals surface area contributed by atoms with Crippen LogP contribution in [0, 0.1) is 5.92 Å². The number of carboxylic acids is 1. The van der Waals surface area contributed by atoms with E-state index in [2.05, 4.69) is 4.72 Å². The lowest BCUT2D eigenvalue weighted by atomic mass is 10.0. The van der Waals surface area contributed by atoms with Gasteiger partial charge in [0.2, 0.25) is 5.91 Å². The van der Waals surface area contributed by atoms with Crippen LogP contribution in [0.25, 0.3) is 0 Å². The highest BCUT2D eigenvalue weighted by atomic mass is 32.2. The van der Waals surface area contributed by atoms with Crippen molar-refractivity contribution in [2.45, 2.75) is 38.6 Å². The summed E-state index contributed by atoms with van der Waals surface area (Å²) >= 11 is 0. The molecule has 8 nitrogen and oxygen atoms in total. The number of nitrogens with one attached hydrogen (secondary N) is 1. The minimum atomic E-state index is -3.86. The molecule has 0 saturated carbocycles. The summed E-state index contributed by atoms with van der Waals surface area (Å²) in [4.78, 5) is 21.7. The first kappa shape index (κ1) is 16.9. The third-order valence-electron chi connectivity index (χ3n) is 3.23. The van der Waals surface area contributed by atoms with E-state index >= 15 is 0 Å². The Labute approximate surface area is 118 Å². The summed E-state index contributed by atoms with van der Waals surface area (Å²) in [5, 5.41) is 9.00. The van der Waals surface area contributed by atoms with Gasteiger partial charge >= 0.3 is 5.97 Å². The number of carboxylic acid groups (broad SMARTS) is 1.